The van der Waals surface area contributed by atoms with Crippen LogP contribution in [0.3, 0.4) is 0 Å². The molecule has 5 rings (SSSR count). The van der Waals surface area contributed by atoms with E-state index in [2.05, 4.69) is 25.7 Å². The van der Waals surface area contributed by atoms with Gasteiger partial charge in [0.1, 0.15) is 0 Å². The molecule has 0 radical (unpaired) electrons. The summed E-state index contributed by atoms with van der Waals surface area (Å²) in [6, 6.07) is 10.6. The van der Waals surface area contributed by atoms with Crippen LogP contribution in [0.1, 0.15) is 32.1 Å². The van der Waals surface area contributed by atoms with Crippen molar-refractivity contribution in [2.45, 2.75) is 38.1 Å². The third-order valence-corrected chi connectivity index (χ3v) is 7.24. The Kier molecular flexibility index (Phi) is 5.17. The third kappa shape index (κ3) is 3.85. The standard InChI is InChI=1S/C23H25N5S/c1-24-19-7-5-6-17(14-19)18-15-21-22(25-16-18)26-23(29-21)28-12-8-20(9-13-28)27-10-3-2-4-11-27/h5-7,14-16,20H,2-4,8-13H2. The van der Waals surface area contributed by atoms with Gasteiger partial charge in [0.05, 0.1) is 11.3 Å². The summed E-state index contributed by atoms with van der Waals surface area (Å²) in [4.78, 5) is 18.1. The van der Waals surface area contributed by atoms with Gasteiger partial charge in [0.2, 0.25) is 0 Å². The number of pyridine rings is 1. The highest BCUT2D eigenvalue weighted by atomic mass is 32.1. The van der Waals surface area contributed by atoms with Crippen molar-refractivity contribution >= 4 is 32.5 Å². The first kappa shape index (κ1) is 18.5. The largest absolute Gasteiger partial charge is 0.348 e. The number of benzene rings is 1. The average Bonchev–Trinajstić information content (AvgIpc) is 3.23. The van der Waals surface area contributed by atoms with E-state index in [1.807, 2.05) is 30.5 Å². The Bertz CT molecular complexity index is 1040. The number of thiazole rings is 1. The molecule has 5 nitrogen and oxygen atoms in total. The predicted octanol–water partition coefficient (Wildman–Crippen LogP) is 5.36. The van der Waals surface area contributed by atoms with Crippen LogP contribution in [0.4, 0.5) is 10.8 Å². The van der Waals surface area contributed by atoms with Crippen molar-refractivity contribution in [1.82, 2.24) is 14.9 Å². The lowest BCUT2D eigenvalue weighted by Gasteiger charge is -2.40. The minimum atomic E-state index is 0.657. The van der Waals surface area contributed by atoms with E-state index >= 15 is 0 Å². The number of piperidine rings is 2. The number of nitrogens with zero attached hydrogens (tertiary/aromatic N) is 5. The normalized spacial score (nSPS) is 18.8. The molecule has 0 unspecified atom stereocenters. The molecule has 2 fully saturated rings. The van der Waals surface area contributed by atoms with Crippen molar-refractivity contribution < 1.29 is 0 Å². The highest BCUT2D eigenvalue weighted by molar-refractivity contribution is 7.22. The zero-order valence-electron chi connectivity index (χ0n) is 16.5. The van der Waals surface area contributed by atoms with Crippen LogP contribution in [0.2, 0.25) is 0 Å². The minimum absolute atomic E-state index is 0.657. The summed E-state index contributed by atoms with van der Waals surface area (Å²) >= 11 is 1.74. The van der Waals surface area contributed by atoms with Gasteiger partial charge < -0.3 is 9.80 Å². The maximum Gasteiger partial charge on any atom is 0.188 e. The molecule has 3 aromatic rings. The molecule has 2 saturated heterocycles. The molecule has 2 aliphatic heterocycles. The van der Waals surface area contributed by atoms with Crippen molar-refractivity contribution in [2.24, 2.45) is 0 Å². The van der Waals surface area contributed by atoms with Gasteiger partial charge in [0.25, 0.3) is 0 Å². The van der Waals surface area contributed by atoms with Crippen LogP contribution >= 0.6 is 11.3 Å². The van der Waals surface area contributed by atoms with Gasteiger partial charge in [-0.3, -0.25) is 0 Å². The van der Waals surface area contributed by atoms with Crippen LogP contribution in [-0.2, 0) is 0 Å². The van der Waals surface area contributed by atoms with E-state index < -0.39 is 0 Å². The molecule has 0 atom stereocenters. The second-order valence-electron chi connectivity index (χ2n) is 8.02. The van der Waals surface area contributed by atoms with Crippen molar-refractivity contribution in [1.29, 1.82) is 0 Å². The summed E-state index contributed by atoms with van der Waals surface area (Å²) in [5.41, 5.74) is 3.56. The molecule has 0 N–H and O–H groups in total. The number of fused-ring (bicyclic) bond motifs is 1. The highest BCUT2D eigenvalue weighted by Crippen LogP contribution is 2.33. The molecule has 0 aliphatic carbocycles. The molecule has 6 heteroatoms. The first-order valence-electron chi connectivity index (χ1n) is 10.5. The van der Waals surface area contributed by atoms with Crippen molar-refractivity contribution in [3.63, 3.8) is 0 Å². The Balaban J connectivity index is 1.32. The molecule has 0 saturated carbocycles. The number of hydrogen-bond acceptors (Lipinski definition) is 5. The molecule has 0 bridgehead atoms. The lowest BCUT2D eigenvalue weighted by atomic mass is 10.0. The van der Waals surface area contributed by atoms with Gasteiger partial charge >= 0.3 is 0 Å². The topological polar surface area (TPSA) is 36.6 Å². The summed E-state index contributed by atoms with van der Waals surface area (Å²) in [5, 5.41) is 1.09. The molecule has 0 spiro atoms. The summed E-state index contributed by atoms with van der Waals surface area (Å²) < 4.78 is 1.11. The van der Waals surface area contributed by atoms with E-state index in [1.165, 1.54) is 45.2 Å². The molecular weight excluding hydrogens is 378 g/mol. The fourth-order valence-corrected chi connectivity index (χ4v) is 5.58. The summed E-state index contributed by atoms with van der Waals surface area (Å²) in [5.74, 6) is 0. The second kappa shape index (κ2) is 8.10. The fraction of sp³-hybridized carbons (Fsp3) is 0.435. The van der Waals surface area contributed by atoms with E-state index in [0.717, 1.165) is 45.7 Å². The Morgan fingerprint density at radius 2 is 1.83 bits per heavy atom. The second-order valence-corrected chi connectivity index (χ2v) is 9.03. The quantitative estimate of drug-likeness (QED) is 0.551. The van der Waals surface area contributed by atoms with Gasteiger partial charge in [-0.05, 0) is 56.5 Å². The van der Waals surface area contributed by atoms with Crippen LogP contribution < -0.4 is 4.90 Å². The lowest BCUT2D eigenvalue weighted by Crippen LogP contribution is -2.46. The SMILES string of the molecule is [C-]#[N+]c1cccc(-c2cnc3nc(N4CCC(N5CCCCC5)CC4)sc3c2)c1. The fourth-order valence-electron chi connectivity index (χ4n) is 4.56. The molecule has 2 aromatic heterocycles. The minimum Gasteiger partial charge on any atom is -0.348 e. The van der Waals surface area contributed by atoms with Crippen molar-refractivity contribution in [3.8, 4) is 11.1 Å². The number of hydrogen-bond donors (Lipinski definition) is 0. The van der Waals surface area contributed by atoms with Crippen LogP contribution in [0.15, 0.2) is 36.5 Å². The first-order chi connectivity index (χ1) is 14.3. The number of aromatic nitrogens is 2. The Morgan fingerprint density at radius 1 is 1.00 bits per heavy atom. The van der Waals surface area contributed by atoms with Gasteiger partial charge in [0, 0.05) is 30.9 Å². The van der Waals surface area contributed by atoms with E-state index in [0.29, 0.717) is 5.69 Å². The molecular formula is C23H25N5S. The van der Waals surface area contributed by atoms with Gasteiger partial charge in [-0.1, -0.05) is 36.0 Å². The molecule has 4 heterocycles. The van der Waals surface area contributed by atoms with E-state index in [9.17, 15) is 0 Å². The zero-order valence-corrected chi connectivity index (χ0v) is 17.4. The molecule has 148 valence electrons. The molecule has 0 amide bonds. The first-order valence-corrected chi connectivity index (χ1v) is 11.4. The van der Waals surface area contributed by atoms with Crippen molar-refractivity contribution in [3.05, 3.63) is 47.9 Å². The average molecular weight is 404 g/mol. The Labute approximate surface area is 175 Å². The van der Waals surface area contributed by atoms with Gasteiger partial charge in [-0.25, -0.2) is 9.83 Å². The molecule has 29 heavy (non-hydrogen) atoms. The van der Waals surface area contributed by atoms with E-state index in [1.54, 1.807) is 11.3 Å². The predicted molar refractivity (Wildman–Crippen MR) is 120 cm³/mol. The lowest BCUT2D eigenvalue weighted by molar-refractivity contribution is 0.141. The van der Waals surface area contributed by atoms with Gasteiger partial charge in [-0.2, -0.15) is 4.98 Å². The summed E-state index contributed by atoms with van der Waals surface area (Å²) in [6.45, 7) is 12.0. The van der Waals surface area contributed by atoms with Crippen molar-refractivity contribution in [2.75, 3.05) is 31.1 Å². The summed E-state index contributed by atoms with van der Waals surface area (Å²) in [6.07, 6.45) is 8.47. The number of rotatable bonds is 3. The monoisotopic (exact) mass is 403 g/mol. The van der Waals surface area contributed by atoms with E-state index in [4.69, 9.17) is 11.6 Å². The Morgan fingerprint density at radius 3 is 2.62 bits per heavy atom. The smallest absolute Gasteiger partial charge is 0.188 e. The van der Waals surface area contributed by atoms with Crippen LogP contribution in [-0.4, -0.2) is 47.1 Å². The van der Waals surface area contributed by atoms with E-state index in [-0.39, 0.29) is 0 Å². The molecule has 1 aromatic carbocycles. The maximum absolute atomic E-state index is 7.22. The van der Waals surface area contributed by atoms with Gasteiger partial charge in [0.15, 0.2) is 16.5 Å². The highest BCUT2D eigenvalue weighted by Gasteiger charge is 2.27. The summed E-state index contributed by atoms with van der Waals surface area (Å²) in [7, 11) is 0. The third-order valence-electron chi connectivity index (χ3n) is 6.19. The maximum atomic E-state index is 7.22. The number of likely N-dealkylation sites (tertiary alicyclic amines) is 1. The number of anilines is 1. The van der Waals surface area contributed by atoms with Crippen LogP contribution in [0, 0.1) is 6.57 Å². The molecule has 2 aliphatic rings. The Hall–Kier alpha value is -2.49. The zero-order chi connectivity index (χ0) is 19.6. The van der Waals surface area contributed by atoms with Crippen LogP contribution in [0.25, 0.3) is 26.3 Å². The van der Waals surface area contributed by atoms with Crippen LogP contribution in [0.5, 0.6) is 0 Å². The van der Waals surface area contributed by atoms with Gasteiger partial charge in [-0.15, -0.1) is 0 Å².